The van der Waals surface area contributed by atoms with E-state index in [0.29, 0.717) is 0 Å². The van der Waals surface area contributed by atoms with Crippen LogP contribution in [0.2, 0.25) is 0 Å². The number of hydrogen-bond acceptors (Lipinski definition) is 19. The number of ether oxygens (including phenoxy) is 7. The minimum atomic E-state index is -1.98. The fourth-order valence-electron chi connectivity index (χ4n) is 5.60. The van der Waals surface area contributed by atoms with Crippen molar-refractivity contribution in [1.82, 2.24) is 0 Å². The molecule has 0 saturated carbocycles. The Labute approximate surface area is 294 Å². The average molecular weight is 743 g/mol. The van der Waals surface area contributed by atoms with Crippen molar-refractivity contribution in [2.45, 2.75) is 68.3 Å². The molecule has 19 nitrogen and oxygen atoms in total. The molecule has 52 heavy (non-hydrogen) atoms. The van der Waals surface area contributed by atoms with Gasteiger partial charge in [-0.3, -0.25) is 4.79 Å². The summed E-state index contributed by atoms with van der Waals surface area (Å²) in [5.74, 6) is -1.31. The maximum absolute atomic E-state index is 14.1. The molecule has 10 atom stereocenters. The summed E-state index contributed by atoms with van der Waals surface area (Å²) in [7, 11) is 0. The largest absolute Gasteiger partial charge is 0.507 e. The van der Waals surface area contributed by atoms with E-state index in [-0.39, 0.29) is 79.2 Å². The van der Waals surface area contributed by atoms with E-state index in [9.17, 15) is 55.9 Å². The normalized spacial score (nSPS) is 29.2. The molecule has 2 aliphatic heterocycles. The van der Waals surface area contributed by atoms with Gasteiger partial charge < -0.3 is 88.6 Å². The Balaban J connectivity index is 1.53. The minimum Gasteiger partial charge on any atom is -0.507 e. The quantitative estimate of drug-likeness (QED) is 0.0758. The van der Waals surface area contributed by atoms with Gasteiger partial charge in [0.15, 0.2) is 23.5 Å². The number of aromatic hydroxyl groups is 1. The van der Waals surface area contributed by atoms with Gasteiger partial charge in [-0.25, -0.2) is 0 Å². The summed E-state index contributed by atoms with van der Waals surface area (Å²) in [4.78, 5) is 14.1. The van der Waals surface area contributed by atoms with E-state index in [4.69, 9.17) is 37.6 Å². The van der Waals surface area contributed by atoms with Gasteiger partial charge in [0, 0.05) is 17.7 Å². The lowest BCUT2D eigenvalue weighted by Crippen LogP contribution is -2.61. The molecule has 0 radical (unpaired) electrons. The van der Waals surface area contributed by atoms with Crippen LogP contribution < -0.4 is 24.4 Å². The zero-order chi connectivity index (χ0) is 37.7. The molecular formula is C33H42O19. The fourth-order valence-corrected chi connectivity index (χ4v) is 5.60. The first kappa shape index (κ1) is 39.4. The number of fused-ring (bicyclic) bond motifs is 1. The van der Waals surface area contributed by atoms with Gasteiger partial charge in [-0.2, -0.15) is 0 Å². The van der Waals surface area contributed by atoms with Crippen LogP contribution in [-0.2, 0) is 14.2 Å². The Kier molecular flexibility index (Phi) is 13.1. The predicted octanol–water partition coefficient (Wildman–Crippen LogP) is -2.69. The van der Waals surface area contributed by atoms with Crippen LogP contribution in [0.15, 0.2) is 39.5 Å². The lowest BCUT2D eigenvalue weighted by Gasteiger charge is -2.42. The molecule has 0 aliphatic carbocycles. The Hall–Kier alpha value is -3.83. The van der Waals surface area contributed by atoms with Crippen molar-refractivity contribution in [3.8, 4) is 40.1 Å². The summed E-state index contributed by atoms with van der Waals surface area (Å²) in [6.07, 6.45) is -16.3. The maximum Gasteiger partial charge on any atom is 0.239 e. The monoisotopic (exact) mass is 742 g/mol. The second kappa shape index (κ2) is 17.3. The van der Waals surface area contributed by atoms with Crippen LogP contribution in [0.4, 0.5) is 0 Å². The highest BCUT2D eigenvalue weighted by atomic mass is 16.7. The van der Waals surface area contributed by atoms with Gasteiger partial charge in [0.05, 0.1) is 32.5 Å². The van der Waals surface area contributed by atoms with E-state index in [1.165, 1.54) is 31.2 Å². The number of aliphatic hydroxyl groups excluding tert-OH is 9. The van der Waals surface area contributed by atoms with Crippen molar-refractivity contribution >= 4 is 11.0 Å². The van der Waals surface area contributed by atoms with Gasteiger partial charge >= 0.3 is 0 Å². The molecule has 19 heteroatoms. The third-order valence-electron chi connectivity index (χ3n) is 8.31. The number of phenols is 1. The van der Waals surface area contributed by atoms with Crippen LogP contribution in [0.1, 0.15) is 6.92 Å². The molecule has 2 fully saturated rings. The van der Waals surface area contributed by atoms with E-state index in [2.05, 4.69) is 0 Å². The van der Waals surface area contributed by atoms with Gasteiger partial charge in [-0.05, 0) is 25.1 Å². The first-order valence-electron chi connectivity index (χ1n) is 16.3. The average Bonchev–Trinajstić information content (AvgIpc) is 3.13. The van der Waals surface area contributed by atoms with Crippen LogP contribution in [0.3, 0.4) is 0 Å². The number of hydrogen-bond donors (Lipinski definition) is 10. The topological polar surface area (TPSA) is 297 Å². The number of aliphatic hydroxyl groups is 9. The first-order valence-corrected chi connectivity index (χ1v) is 16.3. The van der Waals surface area contributed by atoms with Crippen molar-refractivity contribution in [2.24, 2.45) is 0 Å². The Morgan fingerprint density at radius 2 is 1.35 bits per heavy atom. The molecule has 0 amide bonds. The van der Waals surface area contributed by atoms with Crippen LogP contribution in [0.5, 0.6) is 28.7 Å². The standard InChI is InChI=1S/C33H42O19/c1-14-23(38)26(41)28(43)32(49-14)48-13-21-24(39)27(42)29(44)33(51-21)52-31-25(40)22-17(37)11-16(45-7-4-34)12-20(22)50-30(31)15-2-3-18(46-8-5-35)19(10-15)47-9-6-36/h2-3,10-12,14,21,23-24,26-29,32-39,41-44H,4-9,13H2,1H3/t14-,21+,23+,24+,26-,27-,28-,29+,32-,33-/m1/s1. The van der Waals surface area contributed by atoms with Crippen molar-refractivity contribution < 1.29 is 88.6 Å². The van der Waals surface area contributed by atoms with Crippen LogP contribution in [0, 0.1) is 0 Å². The molecule has 1 aromatic heterocycles. The van der Waals surface area contributed by atoms with Gasteiger partial charge in [0.1, 0.15) is 85.0 Å². The molecule has 10 N–H and O–H groups in total. The van der Waals surface area contributed by atoms with Gasteiger partial charge in [-0.1, -0.05) is 0 Å². The van der Waals surface area contributed by atoms with E-state index >= 15 is 0 Å². The summed E-state index contributed by atoms with van der Waals surface area (Å²) < 4.78 is 45.1. The molecular weight excluding hydrogens is 700 g/mol. The lowest BCUT2D eigenvalue weighted by atomic mass is 9.98. The molecule has 2 aromatic carbocycles. The zero-order valence-corrected chi connectivity index (χ0v) is 27.8. The van der Waals surface area contributed by atoms with E-state index < -0.39 is 84.9 Å². The lowest BCUT2D eigenvalue weighted by molar-refractivity contribution is -0.318. The molecule has 2 aliphatic rings. The maximum atomic E-state index is 14.1. The fraction of sp³-hybridized carbons (Fsp3) is 0.545. The molecule has 5 rings (SSSR count). The predicted molar refractivity (Wildman–Crippen MR) is 173 cm³/mol. The molecule has 288 valence electrons. The van der Waals surface area contributed by atoms with Crippen LogP contribution in [0.25, 0.3) is 22.3 Å². The highest BCUT2D eigenvalue weighted by Gasteiger charge is 2.48. The second-order valence-electron chi connectivity index (χ2n) is 11.9. The molecule has 0 unspecified atom stereocenters. The smallest absolute Gasteiger partial charge is 0.239 e. The highest BCUT2D eigenvalue weighted by Crippen LogP contribution is 2.40. The van der Waals surface area contributed by atoms with Gasteiger partial charge in [0.2, 0.25) is 17.5 Å². The third kappa shape index (κ3) is 8.36. The summed E-state index contributed by atoms with van der Waals surface area (Å²) in [5.41, 5.74) is -1.08. The van der Waals surface area contributed by atoms with Gasteiger partial charge in [-0.15, -0.1) is 0 Å². The number of phenolic OH excluding ortho intramolecular Hbond substituents is 1. The van der Waals surface area contributed by atoms with Crippen molar-refractivity contribution in [2.75, 3.05) is 46.2 Å². The van der Waals surface area contributed by atoms with Gasteiger partial charge in [0.25, 0.3) is 0 Å². The van der Waals surface area contributed by atoms with E-state index in [1.807, 2.05) is 0 Å². The molecule has 3 aromatic rings. The Bertz CT molecular complexity index is 1700. The molecule has 0 spiro atoms. The summed E-state index contributed by atoms with van der Waals surface area (Å²) in [6, 6.07) is 6.59. The Morgan fingerprint density at radius 3 is 2.04 bits per heavy atom. The number of benzene rings is 2. The summed E-state index contributed by atoms with van der Waals surface area (Å²) in [5, 5.41) is 101. The number of rotatable bonds is 15. The first-order chi connectivity index (χ1) is 24.9. The van der Waals surface area contributed by atoms with E-state index in [0.717, 1.165) is 6.07 Å². The minimum absolute atomic E-state index is 0.0380. The second-order valence-corrected chi connectivity index (χ2v) is 11.9. The molecule has 0 bridgehead atoms. The SMILES string of the molecule is C[C@H]1O[C@@H](OC[C@@H]2O[C@H](Oc3c(-c4ccc(OCCO)c(OCCO)c4)oc4cc(OCCO)cc(O)c4c3=O)[C@@H](O)[C@H](O)[C@H]2O)[C@H](O)[C@H](O)[C@H]1O. The highest BCUT2D eigenvalue weighted by molar-refractivity contribution is 5.88. The van der Waals surface area contributed by atoms with Crippen molar-refractivity contribution in [3.63, 3.8) is 0 Å². The van der Waals surface area contributed by atoms with Crippen molar-refractivity contribution in [1.29, 1.82) is 0 Å². The van der Waals surface area contributed by atoms with Crippen LogP contribution in [-0.4, -0.2) is 159 Å². The zero-order valence-electron chi connectivity index (χ0n) is 27.8. The van der Waals surface area contributed by atoms with Crippen LogP contribution >= 0.6 is 0 Å². The molecule has 2 saturated heterocycles. The summed E-state index contributed by atoms with van der Waals surface area (Å²) >= 11 is 0. The van der Waals surface area contributed by atoms with E-state index in [1.54, 1.807) is 0 Å². The summed E-state index contributed by atoms with van der Waals surface area (Å²) in [6.45, 7) is -0.648. The Morgan fingerprint density at radius 1 is 0.712 bits per heavy atom. The van der Waals surface area contributed by atoms with Crippen molar-refractivity contribution in [3.05, 3.63) is 40.6 Å². The molecule has 3 heterocycles. The third-order valence-corrected chi connectivity index (χ3v) is 8.31.